The topological polar surface area (TPSA) is 98.3 Å². The maximum absolute atomic E-state index is 12.9. The molecular formula is C22H23N3O6S2. The third-order valence-electron chi connectivity index (χ3n) is 5.40. The first-order valence-corrected chi connectivity index (χ1v) is 11.7. The van der Waals surface area contributed by atoms with Gasteiger partial charge in [0.25, 0.3) is 11.6 Å². The van der Waals surface area contributed by atoms with Gasteiger partial charge in [0.15, 0.2) is 0 Å². The van der Waals surface area contributed by atoms with Crippen molar-refractivity contribution in [1.29, 1.82) is 0 Å². The summed E-state index contributed by atoms with van der Waals surface area (Å²) >= 11 is 6.64. The molecule has 1 amide bonds. The van der Waals surface area contributed by atoms with Crippen LogP contribution >= 0.6 is 24.0 Å². The lowest BCUT2D eigenvalue weighted by molar-refractivity contribution is -0.384. The van der Waals surface area contributed by atoms with E-state index in [-0.39, 0.29) is 11.6 Å². The van der Waals surface area contributed by atoms with Gasteiger partial charge >= 0.3 is 0 Å². The van der Waals surface area contributed by atoms with Gasteiger partial charge in [-0.3, -0.25) is 24.7 Å². The molecule has 3 heterocycles. The fraction of sp³-hybridized carbons (Fsp3) is 0.364. The molecule has 0 saturated carbocycles. The van der Waals surface area contributed by atoms with Gasteiger partial charge in [-0.1, -0.05) is 24.0 Å². The van der Waals surface area contributed by atoms with E-state index < -0.39 is 4.92 Å². The number of hydrogen-bond acceptors (Lipinski definition) is 9. The van der Waals surface area contributed by atoms with Crippen LogP contribution < -0.4 is 4.74 Å². The highest BCUT2D eigenvalue weighted by atomic mass is 32.2. The Morgan fingerprint density at radius 2 is 2.03 bits per heavy atom. The summed E-state index contributed by atoms with van der Waals surface area (Å²) in [4.78, 5) is 28.3. The first-order valence-electron chi connectivity index (χ1n) is 10.4. The zero-order valence-electron chi connectivity index (χ0n) is 18.0. The van der Waals surface area contributed by atoms with E-state index >= 15 is 0 Å². The minimum Gasteiger partial charge on any atom is -0.497 e. The molecule has 0 atom stereocenters. The van der Waals surface area contributed by atoms with Crippen LogP contribution in [0.1, 0.15) is 12.2 Å². The van der Waals surface area contributed by atoms with E-state index in [0.717, 1.165) is 39.3 Å². The smallest absolute Gasteiger partial charge is 0.284 e. The highest BCUT2D eigenvalue weighted by Crippen LogP contribution is 2.36. The van der Waals surface area contributed by atoms with E-state index in [4.69, 9.17) is 26.1 Å². The lowest BCUT2D eigenvalue weighted by Crippen LogP contribution is -2.38. The summed E-state index contributed by atoms with van der Waals surface area (Å²) in [6.45, 7) is 4.75. The van der Waals surface area contributed by atoms with Gasteiger partial charge in [0, 0.05) is 32.3 Å². The van der Waals surface area contributed by atoms with Crippen LogP contribution in [0.4, 0.5) is 5.69 Å². The van der Waals surface area contributed by atoms with Gasteiger partial charge in [0.1, 0.15) is 21.6 Å². The molecule has 0 radical (unpaired) electrons. The molecule has 2 saturated heterocycles. The number of nitro groups is 1. The molecule has 0 bridgehead atoms. The number of rotatable bonds is 8. The van der Waals surface area contributed by atoms with Crippen LogP contribution in [0.2, 0.25) is 0 Å². The number of nitrogens with zero attached hydrogens (tertiary/aromatic N) is 3. The fourth-order valence-corrected chi connectivity index (χ4v) is 4.96. The lowest BCUT2D eigenvalue weighted by Gasteiger charge is -2.27. The first-order chi connectivity index (χ1) is 16.0. The minimum atomic E-state index is -0.484. The van der Waals surface area contributed by atoms with Gasteiger partial charge in [-0.2, -0.15) is 0 Å². The summed E-state index contributed by atoms with van der Waals surface area (Å²) < 4.78 is 16.8. The molecule has 0 spiro atoms. The summed E-state index contributed by atoms with van der Waals surface area (Å²) in [5.41, 5.74) is 0.206. The number of thiocarbonyl (C=S) groups is 1. The third kappa shape index (κ3) is 5.44. The Hall–Kier alpha value is -2.73. The number of carbonyl (C=O) groups is 1. The van der Waals surface area contributed by atoms with Crippen LogP contribution in [0.25, 0.3) is 17.4 Å². The zero-order chi connectivity index (χ0) is 23.4. The number of thioether (sulfide) groups is 1. The number of amides is 1. The Balaban J connectivity index is 1.44. The van der Waals surface area contributed by atoms with Gasteiger partial charge < -0.3 is 13.9 Å². The molecule has 2 aromatic rings. The molecule has 1 aromatic carbocycles. The number of methoxy groups -OCH3 is 1. The standard InChI is InChI=1S/C22H23N3O6S2/c1-29-15-3-5-17(18(13-15)25(27)28)19-6-4-16(31-19)14-20-21(26)24(22(32)33-20)8-2-7-23-9-11-30-12-10-23/h3-6,13-14H,2,7-12H2,1H3. The van der Waals surface area contributed by atoms with E-state index in [1.165, 1.54) is 24.9 Å². The van der Waals surface area contributed by atoms with Crippen molar-refractivity contribution in [2.75, 3.05) is 46.5 Å². The van der Waals surface area contributed by atoms with Crippen LogP contribution in [0.15, 0.2) is 39.7 Å². The average molecular weight is 490 g/mol. The Morgan fingerprint density at radius 1 is 1.24 bits per heavy atom. The maximum Gasteiger partial charge on any atom is 0.284 e. The van der Waals surface area contributed by atoms with Crippen molar-refractivity contribution in [2.24, 2.45) is 0 Å². The Kier molecular flexibility index (Phi) is 7.43. The summed E-state index contributed by atoms with van der Waals surface area (Å²) in [7, 11) is 1.45. The predicted molar refractivity (Wildman–Crippen MR) is 129 cm³/mol. The summed E-state index contributed by atoms with van der Waals surface area (Å²) in [5, 5.41) is 11.5. The Labute approximate surface area is 200 Å². The molecule has 1 aromatic heterocycles. The molecule has 9 nitrogen and oxygen atoms in total. The fourth-order valence-electron chi connectivity index (χ4n) is 3.67. The number of ether oxygens (including phenoxy) is 2. The van der Waals surface area contributed by atoms with E-state index in [0.29, 0.717) is 38.6 Å². The molecular weight excluding hydrogens is 466 g/mol. The second-order valence-corrected chi connectivity index (χ2v) is 9.16. The van der Waals surface area contributed by atoms with E-state index in [1.54, 1.807) is 35.2 Å². The van der Waals surface area contributed by atoms with Gasteiger partial charge in [0.05, 0.1) is 41.8 Å². The number of carbonyl (C=O) groups excluding carboxylic acids is 1. The van der Waals surface area contributed by atoms with E-state index in [9.17, 15) is 14.9 Å². The number of hydrogen-bond donors (Lipinski definition) is 0. The van der Waals surface area contributed by atoms with Crippen LogP contribution in [-0.4, -0.2) is 71.5 Å². The Morgan fingerprint density at radius 3 is 2.76 bits per heavy atom. The number of benzene rings is 1. The van der Waals surface area contributed by atoms with Crippen molar-refractivity contribution >= 4 is 46.0 Å². The highest BCUT2D eigenvalue weighted by Gasteiger charge is 2.32. The first kappa shape index (κ1) is 23.4. The van der Waals surface area contributed by atoms with Crippen molar-refractivity contribution in [1.82, 2.24) is 9.80 Å². The van der Waals surface area contributed by atoms with Gasteiger partial charge in [-0.25, -0.2) is 0 Å². The SMILES string of the molecule is COc1ccc(-c2ccc(C=C3SC(=S)N(CCCN4CCOCC4)C3=O)o2)c([N+](=O)[O-])c1. The van der Waals surface area contributed by atoms with Crippen molar-refractivity contribution < 1.29 is 23.6 Å². The van der Waals surface area contributed by atoms with Crippen LogP contribution in [0, 0.1) is 10.1 Å². The predicted octanol–water partition coefficient (Wildman–Crippen LogP) is 3.79. The molecule has 2 fully saturated rings. The second kappa shape index (κ2) is 10.5. The van der Waals surface area contributed by atoms with Crippen LogP contribution in [0.5, 0.6) is 5.75 Å². The van der Waals surface area contributed by atoms with Crippen LogP contribution in [-0.2, 0) is 9.53 Å². The van der Waals surface area contributed by atoms with Crippen molar-refractivity contribution in [3.05, 3.63) is 51.1 Å². The minimum absolute atomic E-state index is 0.123. The van der Waals surface area contributed by atoms with Gasteiger partial charge in [-0.05, 0) is 30.7 Å². The zero-order valence-corrected chi connectivity index (χ0v) is 19.7. The lowest BCUT2D eigenvalue weighted by atomic mass is 10.1. The maximum atomic E-state index is 12.9. The molecule has 11 heteroatoms. The van der Waals surface area contributed by atoms with Gasteiger partial charge in [0.2, 0.25) is 0 Å². The number of morpholine rings is 1. The molecule has 0 N–H and O–H groups in total. The second-order valence-electron chi connectivity index (χ2n) is 7.48. The van der Waals surface area contributed by atoms with Crippen molar-refractivity contribution in [3.8, 4) is 17.1 Å². The molecule has 0 unspecified atom stereocenters. The quantitative estimate of drug-likeness (QED) is 0.237. The van der Waals surface area contributed by atoms with E-state index in [1.807, 2.05) is 0 Å². The molecule has 33 heavy (non-hydrogen) atoms. The summed E-state index contributed by atoms with van der Waals surface area (Å²) in [5.74, 6) is 0.982. The third-order valence-corrected chi connectivity index (χ3v) is 6.78. The average Bonchev–Trinajstić information content (AvgIpc) is 3.39. The molecule has 4 rings (SSSR count). The molecule has 2 aliphatic rings. The van der Waals surface area contributed by atoms with E-state index in [2.05, 4.69) is 4.90 Å². The molecule has 0 aliphatic carbocycles. The molecule has 174 valence electrons. The van der Waals surface area contributed by atoms with Crippen molar-refractivity contribution in [2.45, 2.75) is 6.42 Å². The summed E-state index contributed by atoms with van der Waals surface area (Å²) in [6.07, 6.45) is 2.45. The van der Waals surface area contributed by atoms with Gasteiger partial charge in [-0.15, -0.1) is 0 Å². The summed E-state index contributed by atoms with van der Waals surface area (Å²) in [6, 6.07) is 7.87. The monoisotopic (exact) mass is 489 g/mol. The number of furan rings is 1. The van der Waals surface area contributed by atoms with Crippen LogP contribution in [0.3, 0.4) is 0 Å². The normalized spacial score (nSPS) is 18.3. The van der Waals surface area contributed by atoms with Crippen molar-refractivity contribution in [3.63, 3.8) is 0 Å². The number of nitro benzene ring substituents is 1. The Bertz CT molecular complexity index is 1090. The largest absolute Gasteiger partial charge is 0.497 e. The highest BCUT2D eigenvalue weighted by molar-refractivity contribution is 8.26. The molecule has 2 aliphatic heterocycles.